The largest absolute Gasteiger partial charge is 1.00 e. The minimum absolute atomic E-state index is 0. The van der Waals surface area contributed by atoms with Crippen LogP contribution in [0.1, 0.15) is 51.4 Å². The van der Waals surface area contributed by atoms with Gasteiger partial charge in [-0.1, -0.05) is 0 Å². The van der Waals surface area contributed by atoms with E-state index in [1.165, 1.54) is 55.8 Å². The summed E-state index contributed by atoms with van der Waals surface area (Å²) in [5, 5.41) is 0. The monoisotopic (exact) mass is 309 g/mol. The maximum Gasteiger partial charge on any atom is 0.0888 e. The van der Waals surface area contributed by atoms with Crippen LogP contribution in [0.15, 0.2) is 0 Å². The van der Waals surface area contributed by atoms with Gasteiger partial charge in [-0.25, -0.2) is 0 Å². The van der Waals surface area contributed by atoms with E-state index < -0.39 is 0 Å². The summed E-state index contributed by atoms with van der Waals surface area (Å²) in [7, 11) is 4.96. The van der Waals surface area contributed by atoms with E-state index in [1.54, 1.807) is 0 Å². The SMILES string of the molecule is C[N+](C)(C1CCCC1)C1CCCC1.[I-]. The molecule has 0 radical (unpaired) electrons. The van der Waals surface area contributed by atoms with E-state index in [0.717, 1.165) is 12.1 Å². The molecule has 2 heteroatoms. The fraction of sp³-hybridized carbons (Fsp3) is 1.00. The van der Waals surface area contributed by atoms with E-state index >= 15 is 0 Å². The Labute approximate surface area is 106 Å². The maximum atomic E-state index is 2.48. The number of halogens is 1. The lowest BCUT2D eigenvalue weighted by molar-refractivity contribution is -0.937. The molecule has 14 heavy (non-hydrogen) atoms. The molecule has 0 aromatic heterocycles. The van der Waals surface area contributed by atoms with Crippen LogP contribution in [0.25, 0.3) is 0 Å². The highest BCUT2D eigenvalue weighted by molar-refractivity contribution is 4.74. The van der Waals surface area contributed by atoms with Gasteiger partial charge in [0.25, 0.3) is 0 Å². The van der Waals surface area contributed by atoms with Crippen molar-refractivity contribution in [2.24, 2.45) is 0 Å². The van der Waals surface area contributed by atoms with Crippen LogP contribution in [0.2, 0.25) is 0 Å². The minimum Gasteiger partial charge on any atom is -1.00 e. The smallest absolute Gasteiger partial charge is 0.0888 e. The summed E-state index contributed by atoms with van der Waals surface area (Å²) in [6.07, 6.45) is 11.9. The topological polar surface area (TPSA) is 0 Å². The van der Waals surface area contributed by atoms with Crippen LogP contribution in [0, 0.1) is 0 Å². The molecule has 0 unspecified atom stereocenters. The quantitative estimate of drug-likeness (QED) is 0.496. The van der Waals surface area contributed by atoms with Crippen molar-refractivity contribution in [3.8, 4) is 0 Å². The third kappa shape index (κ3) is 2.43. The molecule has 0 aliphatic heterocycles. The van der Waals surface area contributed by atoms with Crippen LogP contribution in [0.4, 0.5) is 0 Å². The Morgan fingerprint density at radius 1 is 0.714 bits per heavy atom. The molecule has 0 amide bonds. The standard InChI is InChI=1S/C12H24N.HI/c1-13(2,11-7-3-4-8-11)12-9-5-6-10-12;/h11-12H,3-10H2,1-2H3;1H/q+1;/p-1. The number of quaternary nitrogens is 1. The Morgan fingerprint density at radius 3 is 1.29 bits per heavy atom. The first-order valence-corrected chi connectivity index (χ1v) is 6.04. The van der Waals surface area contributed by atoms with Crippen LogP contribution in [0.5, 0.6) is 0 Å². The van der Waals surface area contributed by atoms with Gasteiger partial charge in [0, 0.05) is 0 Å². The molecule has 0 spiro atoms. The van der Waals surface area contributed by atoms with Crippen molar-refractivity contribution in [3.05, 3.63) is 0 Å². The van der Waals surface area contributed by atoms with Crippen molar-refractivity contribution >= 4 is 0 Å². The predicted molar refractivity (Wildman–Crippen MR) is 56.6 cm³/mol. The van der Waals surface area contributed by atoms with Gasteiger partial charge in [0.2, 0.25) is 0 Å². The fourth-order valence-corrected chi connectivity index (χ4v) is 3.44. The molecular weight excluding hydrogens is 285 g/mol. The van der Waals surface area contributed by atoms with Gasteiger partial charge in [-0.15, -0.1) is 0 Å². The Balaban J connectivity index is 0.000000980. The molecule has 0 N–H and O–H groups in total. The van der Waals surface area contributed by atoms with E-state index in [-0.39, 0.29) is 24.0 Å². The lowest BCUT2D eigenvalue weighted by atomic mass is 10.1. The van der Waals surface area contributed by atoms with Gasteiger partial charge >= 0.3 is 0 Å². The van der Waals surface area contributed by atoms with E-state index in [4.69, 9.17) is 0 Å². The summed E-state index contributed by atoms with van der Waals surface area (Å²) in [6.45, 7) is 0. The average Bonchev–Trinajstić information content (AvgIpc) is 2.78. The third-order valence-corrected chi connectivity index (χ3v) is 4.53. The normalized spacial score (nSPS) is 25.3. The molecule has 0 bridgehead atoms. The number of hydrogen-bond donors (Lipinski definition) is 0. The lowest BCUT2D eigenvalue weighted by Crippen LogP contribution is -3.00. The molecule has 2 aliphatic carbocycles. The Hall–Kier alpha value is 0.690. The molecule has 2 saturated carbocycles. The molecule has 2 aliphatic rings. The molecule has 0 saturated heterocycles. The summed E-state index contributed by atoms with van der Waals surface area (Å²) in [5.41, 5.74) is 0. The highest BCUT2D eigenvalue weighted by atomic mass is 127. The van der Waals surface area contributed by atoms with Gasteiger partial charge in [0.05, 0.1) is 26.2 Å². The molecule has 0 atom stereocenters. The highest BCUT2D eigenvalue weighted by Crippen LogP contribution is 2.34. The van der Waals surface area contributed by atoms with Gasteiger partial charge in [0.15, 0.2) is 0 Å². The Bertz CT molecular complexity index is 149. The van der Waals surface area contributed by atoms with Gasteiger partial charge in [-0.3, -0.25) is 0 Å². The van der Waals surface area contributed by atoms with Gasteiger partial charge in [-0.05, 0) is 51.4 Å². The van der Waals surface area contributed by atoms with Crippen LogP contribution >= 0.6 is 0 Å². The summed E-state index contributed by atoms with van der Waals surface area (Å²) in [5.74, 6) is 0. The first-order valence-electron chi connectivity index (χ1n) is 6.04. The van der Waals surface area contributed by atoms with Crippen molar-refractivity contribution < 1.29 is 28.5 Å². The second-order valence-electron chi connectivity index (χ2n) is 5.51. The molecule has 1 nitrogen and oxygen atoms in total. The fourth-order valence-electron chi connectivity index (χ4n) is 3.44. The zero-order valence-corrected chi connectivity index (χ0v) is 11.8. The third-order valence-electron chi connectivity index (χ3n) is 4.53. The van der Waals surface area contributed by atoms with Crippen molar-refractivity contribution in [1.29, 1.82) is 0 Å². The first-order chi connectivity index (χ1) is 6.21. The van der Waals surface area contributed by atoms with Crippen LogP contribution in [-0.2, 0) is 0 Å². The van der Waals surface area contributed by atoms with Gasteiger partial charge < -0.3 is 28.5 Å². The van der Waals surface area contributed by atoms with E-state index in [2.05, 4.69) is 14.1 Å². The molecule has 0 heterocycles. The second-order valence-corrected chi connectivity index (χ2v) is 5.51. The van der Waals surface area contributed by atoms with Gasteiger partial charge in [0.1, 0.15) is 0 Å². The van der Waals surface area contributed by atoms with Crippen LogP contribution in [0.3, 0.4) is 0 Å². The minimum atomic E-state index is 0. The van der Waals surface area contributed by atoms with E-state index in [1.807, 2.05) is 0 Å². The molecule has 0 aromatic rings. The first kappa shape index (κ1) is 12.8. The van der Waals surface area contributed by atoms with Crippen molar-refractivity contribution in [1.82, 2.24) is 0 Å². The summed E-state index contributed by atoms with van der Waals surface area (Å²) < 4.78 is 1.33. The molecule has 2 rings (SSSR count). The number of hydrogen-bond acceptors (Lipinski definition) is 0. The van der Waals surface area contributed by atoms with Crippen molar-refractivity contribution in [2.75, 3.05) is 14.1 Å². The number of nitrogens with zero attached hydrogens (tertiary/aromatic N) is 1. The predicted octanol–water partition coefficient (Wildman–Crippen LogP) is -0.0480. The van der Waals surface area contributed by atoms with Crippen LogP contribution in [-0.4, -0.2) is 30.7 Å². The van der Waals surface area contributed by atoms with E-state index in [9.17, 15) is 0 Å². The average molecular weight is 309 g/mol. The number of rotatable bonds is 2. The lowest BCUT2D eigenvalue weighted by Gasteiger charge is -2.41. The molecule has 84 valence electrons. The van der Waals surface area contributed by atoms with Crippen LogP contribution < -0.4 is 24.0 Å². The Kier molecular flexibility index (Phi) is 4.69. The maximum absolute atomic E-state index is 2.48. The van der Waals surface area contributed by atoms with Crippen molar-refractivity contribution in [2.45, 2.75) is 63.5 Å². The summed E-state index contributed by atoms with van der Waals surface area (Å²) >= 11 is 0. The molecule has 2 fully saturated rings. The van der Waals surface area contributed by atoms with Crippen molar-refractivity contribution in [3.63, 3.8) is 0 Å². The van der Waals surface area contributed by atoms with Gasteiger partial charge in [-0.2, -0.15) is 0 Å². The summed E-state index contributed by atoms with van der Waals surface area (Å²) in [4.78, 5) is 0. The Morgan fingerprint density at radius 2 is 1.00 bits per heavy atom. The van der Waals surface area contributed by atoms with E-state index in [0.29, 0.717) is 0 Å². The second kappa shape index (κ2) is 5.15. The zero-order valence-electron chi connectivity index (χ0n) is 9.64. The molecular formula is C12H24IN. The zero-order chi connectivity index (χ0) is 9.31. The highest BCUT2D eigenvalue weighted by Gasteiger charge is 2.38. The summed E-state index contributed by atoms with van der Waals surface area (Å²) in [6, 6.07) is 1.98. The molecule has 0 aromatic carbocycles.